The molecule has 0 aliphatic heterocycles. The van der Waals surface area contributed by atoms with E-state index in [-0.39, 0.29) is 5.43 Å². The first kappa shape index (κ1) is 11.1. The molecule has 16 heavy (non-hydrogen) atoms. The number of aromatic nitrogens is 2. The zero-order valence-electron chi connectivity index (χ0n) is 9.38. The number of hydrogen-bond donors (Lipinski definition) is 0. The summed E-state index contributed by atoms with van der Waals surface area (Å²) in [7, 11) is 0. The summed E-state index contributed by atoms with van der Waals surface area (Å²) in [6, 6.07) is 3.13. The Labute approximate surface area is 98.4 Å². The lowest BCUT2D eigenvalue weighted by Gasteiger charge is -2.02. The van der Waals surface area contributed by atoms with Gasteiger partial charge in [-0.15, -0.1) is 11.3 Å². The molecule has 0 aliphatic rings. The van der Waals surface area contributed by atoms with E-state index in [4.69, 9.17) is 0 Å². The second-order valence-electron chi connectivity index (χ2n) is 4.04. The Morgan fingerprint density at radius 2 is 2.06 bits per heavy atom. The van der Waals surface area contributed by atoms with E-state index in [2.05, 4.69) is 24.2 Å². The van der Waals surface area contributed by atoms with Gasteiger partial charge in [0.05, 0.1) is 17.2 Å². The average molecular weight is 234 g/mol. The van der Waals surface area contributed by atoms with Crippen LogP contribution in [0.1, 0.15) is 30.5 Å². The first-order valence-corrected chi connectivity index (χ1v) is 6.13. The first-order valence-electron chi connectivity index (χ1n) is 5.25. The van der Waals surface area contributed by atoms with Crippen LogP contribution in [0.15, 0.2) is 34.7 Å². The van der Waals surface area contributed by atoms with Crippen molar-refractivity contribution < 1.29 is 0 Å². The molecule has 0 saturated carbocycles. The van der Waals surface area contributed by atoms with E-state index in [1.54, 1.807) is 35.9 Å². The highest BCUT2D eigenvalue weighted by Crippen LogP contribution is 2.19. The van der Waals surface area contributed by atoms with Crippen LogP contribution in [-0.4, -0.2) is 9.55 Å². The molecule has 0 radical (unpaired) electrons. The van der Waals surface area contributed by atoms with Crippen molar-refractivity contribution in [1.29, 1.82) is 0 Å². The zero-order valence-corrected chi connectivity index (χ0v) is 10.2. The van der Waals surface area contributed by atoms with Crippen LogP contribution in [0.4, 0.5) is 0 Å². The molecular formula is C12H14N2OS. The van der Waals surface area contributed by atoms with E-state index in [0.29, 0.717) is 5.92 Å². The molecule has 4 heteroatoms. The summed E-state index contributed by atoms with van der Waals surface area (Å²) in [5.41, 5.74) is 1.09. The van der Waals surface area contributed by atoms with Gasteiger partial charge in [-0.3, -0.25) is 4.79 Å². The van der Waals surface area contributed by atoms with Gasteiger partial charge in [-0.05, 0) is 0 Å². The van der Waals surface area contributed by atoms with Crippen molar-refractivity contribution in [3.8, 4) is 0 Å². The fourth-order valence-electron chi connectivity index (χ4n) is 1.40. The summed E-state index contributed by atoms with van der Waals surface area (Å²) in [5.74, 6) is 0.479. The Kier molecular flexibility index (Phi) is 3.19. The topological polar surface area (TPSA) is 34.9 Å². The molecule has 2 heterocycles. The third-order valence-electron chi connectivity index (χ3n) is 2.27. The van der Waals surface area contributed by atoms with E-state index < -0.39 is 0 Å². The van der Waals surface area contributed by atoms with Crippen LogP contribution in [0, 0.1) is 0 Å². The predicted octanol–water partition coefficient (Wildman–Crippen LogP) is 2.48. The summed E-state index contributed by atoms with van der Waals surface area (Å²) in [6.07, 6.45) is 3.58. The largest absolute Gasteiger partial charge is 0.348 e. The highest BCUT2D eigenvalue weighted by Gasteiger charge is 2.05. The first-order chi connectivity index (χ1) is 7.65. The molecule has 2 aromatic heterocycles. The van der Waals surface area contributed by atoms with Crippen LogP contribution in [0.25, 0.3) is 0 Å². The Hall–Kier alpha value is -1.42. The van der Waals surface area contributed by atoms with Gasteiger partial charge in [-0.25, -0.2) is 4.98 Å². The third kappa shape index (κ3) is 2.58. The van der Waals surface area contributed by atoms with Crippen molar-refractivity contribution in [2.24, 2.45) is 0 Å². The monoisotopic (exact) mass is 234 g/mol. The van der Waals surface area contributed by atoms with Crippen LogP contribution >= 0.6 is 11.3 Å². The Balaban J connectivity index is 2.14. The summed E-state index contributed by atoms with van der Waals surface area (Å²) in [4.78, 5) is 15.5. The lowest BCUT2D eigenvalue weighted by atomic mass is 10.2. The van der Waals surface area contributed by atoms with Gasteiger partial charge in [0, 0.05) is 35.8 Å². The van der Waals surface area contributed by atoms with Gasteiger partial charge in [0.25, 0.3) is 0 Å². The number of rotatable bonds is 3. The van der Waals surface area contributed by atoms with Crippen molar-refractivity contribution >= 4 is 11.3 Å². The molecule has 0 N–H and O–H groups in total. The van der Waals surface area contributed by atoms with Crippen molar-refractivity contribution in [2.75, 3.05) is 0 Å². The quantitative estimate of drug-likeness (QED) is 0.817. The minimum atomic E-state index is 0.0393. The Morgan fingerprint density at radius 3 is 2.62 bits per heavy atom. The van der Waals surface area contributed by atoms with Crippen molar-refractivity contribution in [3.05, 3.63) is 50.8 Å². The maximum atomic E-state index is 10.9. The van der Waals surface area contributed by atoms with Gasteiger partial charge in [0.2, 0.25) is 0 Å². The molecule has 0 aromatic carbocycles. The number of pyridine rings is 1. The molecule has 0 bridgehead atoms. The summed E-state index contributed by atoms with van der Waals surface area (Å²) in [6.45, 7) is 5.01. The van der Waals surface area contributed by atoms with Gasteiger partial charge in [0.1, 0.15) is 0 Å². The average Bonchev–Trinajstić information content (AvgIpc) is 2.70. The predicted molar refractivity (Wildman–Crippen MR) is 66.0 cm³/mol. The molecule has 0 atom stereocenters. The molecule has 0 amide bonds. The summed E-state index contributed by atoms with van der Waals surface area (Å²) in [5, 5.41) is 3.24. The molecule has 0 aliphatic carbocycles. The maximum Gasteiger partial charge on any atom is 0.181 e. The van der Waals surface area contributed by atoms with E-state index in [1.165, 1.54) is 0 Å². The molecular weight excluding hydrogens is 220 g/mol. The standard InChI is InChI=1S/C12H14N2OS/c1-9(2)12-13-10(8-16-12)7-14-5-3-11(15)4-6-14/h3-6,8-9H,7H2,1-2H3. The number of thiazole rings is 1. The van der Waals surface area contributed by atoms with Crippen molar-refractivity contribution in [1.82, 2.24) is 9.55 Å². The lowest BCUT2D eigenvalue weighted by molar-refractivity contribution is 0.756. The normalized spacial score (nSPS) is 10.9. The number of hydrogen-bond acceptors (Lipinski definition) is 3. The van der Waals surface area contributed by atoms with Gasteiger partial charge < -0.3 is 4.57 Å². The highest BCUT2D eigenvalue weighted by molar-refractivity contribution is 7.09. The maximum absolute atomic E-state index is 10.9. The van der Waals surface area contributed by atoms with Gasteiger partial charge in [-0.1, -0.05) is 13.8 Å². The molecule has 2 aromatic rings. The van der Waals surface area contributed by atoms with Crippen LogP contribution in [0.3, 0.4) is 0 Å². The van der Waals surface area contributed by atoms with Crippen molar-refractivity contribution in [2.45, 2.75) is 26.3 Å². The van der Waals surface area contributed by atoms with E-state index >= 15 is 0 Å². The summed E-state index contributed by atoms with van der Waals surface area (Å²) >= 11 is 1.69. The van der Waals surface area contributed by atoms with Crippen LogP contribution < -0.4 is 5.43 Å². The fourth-order valence-corrected chi connectivity index (χ4v) is 2.22. The van der Waals surface area contributed by atoms with Gasteiger partial charge in [0.15, 0.2) is 5.43 Å². The third-order valence-corrected chi connectivity index (χ3v) is 3.46. The Bertz CT molecular complexity index is 507. The lowest BCUT2D eigenvalue weighted by Crippen LogP contribution is -2.05. The minimum absolute atomic E-state index is 0.0393. The molecule has 2 rings (SSSR count). The van der Waals surface area contributed by atoms with E-state index in [9.17, 15) is 4.79 Å². The fraction of sp³-hybridized carbons (Fsp3) is 0.333. The van der Waals surface area contributed by atoms with E-state index in [0.717, 1.165) is 17.2 Å². The summed E-state index contributed by atoms with van der Waals surface area (Å²) < 4.78 is 1.96. The van der Waals surface area contributed by atoms with Crippen LogP contribution in [0.5, 0.6) is 0 Å². The molecule has 3 nitrogen and oxygen atoms in total. The smallest absolute Gasteiger partial charge is 0.181 e. The molecule has 0 spiro atoms. The molecule has 0 fully saturated rings. The zero-order chi connectivity index (χ0) is 11.5. The second-order valence-corrected chi connectivity index (χ2v) is 4.93. The van der Waals surface area contributed by atoms with Crippen LogP contribution in [0.2, 0.25) is 0 Å². The molecule has 84 valence electrons. The van der Waals surface area contributed by atoms with Gasteiger partial charge >= 0.3 is 0 Å². The van der Waals surface area contributed by atoms with Crippen molar-refractivity contribution in [3.63, 3.8) is 0 Å². The Morgan fingerprint density at radius 1 is 1.38 bits per heavy atom. The molecule has 0 unspecified atom stereocenters. The van der Waals surface area contributed by atoms with E-state index in [1.807, 2.05) is 4.57 Å². The highest BCUT2D eigenvalue weighted by atomic mass is 32.1. The SMILES string of the molecule is CC(C)c1nc(Cn2ccc(=O)cc2)cs1. The molecule has 0 saturated heterocycles. The van der Waals surface area contributed by atoms with Crippen LogP contribution in [-0.2, 0) is 6.54 Å². The number of nitrogens with zero attached hydrogens (tertiary/aromatic N) is 2. The second kappa shape index (κ2) is 4.61. The minimum Gasteiger partial charge on any atom is -0.348 e. The van der Waals surface area contributed by atoms with Gasteiger partial charge in [-0.2, -0.15) is 0 Å².